The van der Waals surface area contributed by atoms with Gasteiger partial charge in [0.2, 0.25) is 10.0 Å². The number of nitrogens with zero attached hydrogens (tertiary/aromatic N) is 2. The maximum atomic E-state index is 12.7. The van der Waals surface area contributed by atoms with Gasteiger partial charge in [-0.15, -0.1) is 0 Å². The largest absolute Gasteiger partial charge is 0.496 e. The summed E-state index contributed by atoms with van der Waals surface area (Å²) in [6.45, 7) is 0.660. The van der Waals surface area contributed by atoms with Crippen molar-refractivity contribution in [2.75, 3.05) is 20.2 Å². The predicted octanol–water partition coefficient (Wildman–Crippen LogP) is 2.29. The van der Waals surface area contributed by atoms with Gasteiger partial charge in [0, 0.05) is 29.8 Å². The molecule has 1 saturated heterocycles. The lowest BCUT2D eigenvalue weighted by atomic mass is 10.1. The third-order valence-electron chi connectivity index (χ3n) is 4.44. The summed E-state index contributed by atoms with van der Waals surface area (Å²) in [4.78, 5) is 24.8. The second-order valence-corrected chi connectivity index (χ2v) is 9.06. The molecule has 0 unspecified atom stereocenters. The number of aromatic nitrogens is 1. The molecule has 1 aliphatic rings. The predicted molar refractivity (Wildman–Crippen MR) is 104 cm³/mol. The van der Waals surface area contributed by atoms with Gasteiger partial charge in [-0.1, -0.05) is 15.9 Å². The Kier molecular flexibility index (Phi) is 5.83. The summed E-state index contributed by atoms with van der Waals surface area (Å²) in [5, 5.41) is 0. The molecule has 0 saturated carbocycles. The fourth-order valence-corrected chi connectivity index (χ4v) is 4.88. The van der Waals surface area contributed by atoms with Gasteiger partial charge >= 0.3 is 0 Å². The molecule has 0 N–H and O–H groups in total. The molecule has 144 valence electrons. The number of ketones is 1. The quantitative estimate of drug-likeness (QED) is 0.624. The molecule has 27 heavy (non-hydrogen) atoms. The van der Waals surface area contributed by atoms with Crippen molar-refractivity contribution in [3.63, 3.8) is 0 Å². The molecule has 0 aliphatic carbocycles. The standard InChI is InChI=1S/C18H19BrN2O5S/c1-26-17-10-13(19)4-6-15(17)16(22)12-20-11-14(5-7-18(20)23)27(24,25)21-8-2-3-9-21/h4-7,10-11H,2-3,8-9,12H2,1H3. The van der Waals surface area contributed by atoms with Crippen molar-refractivity contribution in [1.29, 1.82) is 0 Å². The van der Waals surface area contributed by atoms with Crippen molar-refractivity contribution in [2.24, 2.45) is 0 Å². The maximum Gasteiger partial charge on any atom is 0.251 e. The fraction of sp³-hybridized carbons (Fsp3) is 0.333. The first kappa shape index (κ1) is 19.8. The minimum atomic E-state index is -3.67. The molecule has 1 aromatic carbocycles. The molecule has 9 heteroatoms. The molecule has 2 aromatic rings. The summed E-state index contributed by atoms with van der Waals surface area (Å²) in [5.41, 5.74) is -0.125. The minimum absolute atomic E-state index is 0.0135. The first-order chi connectivity index (χ1) is 12.8. The lowest BCUT2D eigenvalue weighted by molar-refractivity contribution is 0.0967. The molecule has 0 spiro atoms. The van der Waals surface area contributed by atoms with E-state index in [1.54, 1.807) is 18.2 Å². The minimum Gasteiger partial charge on any atom is -0.496 e. The number of Topliss-reactive ketones (excluding diaryl/α,β-unsaturated/α-hetero) is 1. The van der Waals surface area contributed by atoms with E-state index in [1.807, 2.05) is 0 Å². The highest BCUT2D eigenvalue weighted by Crippen LogP contribution is 2.24. The maximum absolute atomic E-state index is 12.7. The van der Waals surface area contributed by atoms with Crippen LogP contribution in [0.25, 0.3) is 0 Å². The second kappa shape index (κ2) is 7.95. The Bertz CT molecular complexity index is 1030. The summed E-state index contributed by atoms with van der Waals surface area (Å²) >= 11 is 3.31. The molecule has 1 aromatic heterocycles. The van der Waals surface area contributed by atoms with Crippen LogP contribution in [0, 0.1) is 0 Å². The first-order valence-corrected chi connectivity index (χ1v) is 10.6. The van der Waals surface area contributed by atoms with Crippen molar-refractivity contribution < 1.29 is 17.9 Å². The Morgan fingerprint density at radius 1 is 1.19 bits per heavy atom. The van der Waals surface area contributed by atoms with Gasteiger partial charge in [0.15, 0.2) is 5.78 Å². The van der Waals surface area contributed by atoms with Crippen molar-refractivity contribution in [1.82, 2.24) is 8.87 Å². The summed E-state index contributed by atoms with van der Waals surface area (Å²) in [7, 11) is -2.21. The normalized spacial score (nSPS) is 15.0. The lowest BCUT2D eigenvalue weighted by Gasteiger charge is -2.16. The number of pyridine rings is 1. The van der Waals surface area contributed by atoms with Crippen LogP contribution in [0.5, 0.6) is 5.75 Å². The number of halogens is 1. The highest BCUT2D eigenvalue weighted by atomic mass is 79.9. The smallest absolute Gasteiger partial charge is 0.251 e. The Morgan fingerprint density at radius 2 is 1.89 bits per heavy atom. The summed E-state index contributed by atoms with van der Waals surface area (Å²) in [6, 6.07) is 7.42. The zero-order valence-electron chi connectivity index (χ0n) is 14.7. The number of hydrogen-bond donors (Lipinski definition) is 0. The molecule has 7 nitrogen and oxygen atoms in total. The lowest BCUT2D eigenvalue weighted by Crippen LogP contribution is -2.30. The number of hydrogen-bond acceptors (Lipinski definition) is 5. The van der Waals surface area contributed by atoms with Crippen LogP contribution in [0.4, 0.5) is 0 Å². The third kappa shape index (κ3) is 4.15. The molecule has 3 rings (SSSR count). The molecule has 0 radical (unpaired) electrons. The van der Waals surface area contributed by atoms with Gasteiger partial charge in [-0.05, 0) is 37.1 Å². The van der Waals surface area contributed by atoms with E-state index in [0.29, 0.717) is 24.4 Å². The molecule has 0 amide bonds. The van der Waals surface area contributed by atoms with Gasteiger partial charge in [0.25, 0.3) is 5.56 Å². The van der Waals surface area contributed by atoms with E-state index in [4.69, 9.17) is 4.74 Å². The number of sulfonamides is 1. The second-order valence-electron chi connectivity index (χ2n) is 6.21. The average Bonchev–Trinajstić information content (AvgIpc) is 3.18. The SMILES string of the molecule is COc1cc(Br)ccc1C(=O)Cn1cc(S(=O)(=O)N2CCCC2)ccc1=O. The van der Waals surface area contributed by atoms with Gasteiger partial charge < -0.3 is 9.30 Å². The first-order valence-electron chi connectivity index (χ1n) is 8.40. The van der Waals surface area contributed by atoms with Gasteiger partial charge in [-0.3, -0.25) is 9.59 Å². The van der Waals surface area contributed by atoms with Crippen molar-refractivity contribution in [3.8, 4) is 5.75 Å². The monoisotopic (exact) mass is 454 g/mol. The number of ether oxygens (including phenoxy) is 1. The number of methoxy groups -OCH3 is 1. The van der Waals surface area contributed by atoms with E-state index in [9.17, 15) is 18.0 Å². The van der Waals surface area contributed by atoms with Gasteiger partial charge in [0.1, 0.15) is 5.75 Å². The molecule has 0 atom stereocenters. The third-order valence-corrected chi connectivity index (χ3v) is 6.81. The van der Waals surface area contributed by atoms with E-state index in [1.165, 1.54) is 29.7 Å². The molecule has 0 bridgehead atoms. The zero-order chi connectivity index (χ0) is 19.6. The topological polar surface area (TPSA) is 85.7 Å². The van der Waals surface area contributed by atoms with Crippen LogP contribution in [0.2, 0.25) is 0 Å². The zero-order valence-corrected chi connectivity index (χ0v) is 17.1. The molecule has 1 fully saturated rings. The van der Waals surface area contributed by atoms with Gasteiger partial charge in [0.05, 0.1) is 24.1 Å². The van der Waals surface area contributed by atoms with Crippen molar-refractivity contribution >= 4 is 31.7 Å². The fourth-order valence-electron chi connectivity index (χ4n) is 3.00. The number of benzene rings is 1. The van der Waals surface area contributed by atoms with Crippen LogP contribution >= 0.6 is 15.9 Å². The Labute approximate surface area is 165 Å². The van der Waals surface area contributed by atoms with E-state index in [2.05, 4.69) is 15.9 Å². The molecule has 2 heterocycles. The Morgan fingerprint density at radius 3 is 2.56 bits per heavy atom. The van der Waals surface area contributed by atoms with Crippen molar-refractivity contribution in [2.45, 2.75) is 24.3 Å². The van der Waals surface area contributed by atoms with Gasteiger partial charge in [-0.2, -0.15) is 4.31 Å². The number of carbonyl (C=O) groups excluding carboxylic acids is 1. The van der Waals surface area contributed by atoms with Crippen LogP contribution in [0.15, 0.2) is 50.7 Å². The van der Waals surface area contributed by atoms with Crippen LogP contribution in [-0.4, -0.2) is 43.3 Å². The average molecular weight is 455 g/mol. The number of rotatable bonds is 6. The summed E-state index contributed by atoms with van der Waals surface area (Å²) in [5.74, 6) is 0.0282. The van der Waals surface area contributed by atoms with E-state index < -0.39 is 15.6 Å². The van der Waals surface area contributed by atoms with Crippen LogP contribution < -0.4 is 10.3 Å². The van der Waals surface area contributed by atoms with E-state index in [-0.39, 0.29) is 17.2 Å². The van der Waals surface area contributed by atoms with E-state index in [0.717, 1.165) is 21.9 Å². The highest BCUT2D eigenvalue weighted by molar-refractivity contribution is 9.10. The molecule has 1 aliphatic heterocycles. The Balaban J connectivity index is 1.91. The highest BCUT2D eigenvalue weighted by Gasteiger charge is 2.27. The molecular weight excluding hydrogens is 436 g/mol. The van der Waals surface area contributed by atoms with E-state index >= 15 is 0 Å². The summed E-state index contributed by atoms with van der Waals surface area (Å²) in [6.07, 6.45) is 2.88. The van der Waals surface area contributed by atoms with Gasteiger partial charge in [-0.25, -0.2) is 8.42 Å². The molecular formula is C18H19BrN2O5S. The summed E-state index contributed by atoms with van der Waals surface area (Å²) < 4.78 is 33.9. The van der Waals surface area contributed by atoms with Crippen molar-refractivity contribution in [3.05, 3.63) is 56.9 Å². The van der Waals surface area contributed by atoms with Crippen LogP contribution in [-0.2, 0) is 16.6 Å². The number of carbonyl (C=O) groups is 1. The van der Waals surface area contributed by atoms with Crippen LogP contribution in [0.1, 0.15) is 23.2 Å². The van der Waals surface area contributed by atoms with Crippen LogP contribution in [0.3, 0.4) is 0 Å². The Hall–Kier alpha value is -1.97.